The minimum absolute atomic E-state index is 0. The summed E-state index contributed by atoms with van der Waals surface area (Å²) in [5.74, 6) is 0. The summed E-state index contributed by atoms with van der Waals surface area (Å²) in [7, 11) is 0. The average Bonchev–Trinajstić information content (AvgIpc) is 0.811. The van der Waals surface area contributed by atoms with E-state index >= 15 is 0 Å². The summed E-state index contributed by atoms with van der Waals surface area (Å²) in [4.78, 5) is 8.56. The molecule has 0 fully saturated rings. The van der Waals surface area contributed by atoms with Crippen LogP contribution < -0.4 is 29.6 Å². The molecule has 0 aromatic heterocycles. The molecule has 0 saturated carbocycles. The van der Waals surface area contributed by atoms with Crippen molar-refractivity contribution in [3.05, 3.63) is 7.43 Å². The Morgan fingerprint density at radius 1 is 1.33 bits per heavy atom. The summed E-state index contributed by atoms with van der Waals surface area (Å²) in [5.41, 5.74) is 0. The smallest absolute Gasteiger partial charge is 0.450 e. The van der Waals surface area contributed by atoms with E-state index in [-0.39, 0.29) is 37.0 Å². The molecule has 3 nitrogen and oxygen atoms in total. The van der Waals surface area contributed by atoms with Crippen molar-refractivity contribution >= 4 is 6.16 Å². The van der Waals surface area contributed by atoms with Gasteiger partial charge in [-0.05, 0) is 0 Å². The van der Waals surface area contributed by atoms with Gasteiger partial charge in [0.15, 0.2) is 0 Å². The van der Waals surface area contributed by atoms with Gasteiger partial charge in [-0.15, -0.1) is 0 Å². The monoisotopic (exact) mass is 100 g/mol. The van der Waals surface area contributed by atoms with Crippen LogP contribution in [-0.2, 0) is 0 Å². The van der Waals surface area contributed by atoms with Crippen molar-refractivity contribution in [2.45, 2.75) is 0 Å². The van der Waals surface area contributed by atoms with Crippen molar-refractivity contribution in [1.82, 2.24) is 0 Å². The van der Waals surface area contributed by atoms with Crippen LogP contribution in [0.25, 0.3) is 0 Å². The zero-order valence-corrected chi connectivity index (χ0v) is 5.80. The molecular formula is C2H5NaO3. The van der Waals surface area contributed by atoms with Gasteiger partial charge in [-0.25, -0.2) is 4.79 Å². The van der Waals surface area contributed by atoms with E-state index in [1.807, 2.05) is 0 Å². The van der Waals surface area contributed by atoms with Crippen LogP contribution in [0.4, 0.5) is 4.79 Å². The molecule has 6 heavy (non-hydrogen) atoms. The molecule has 0 spiro atoms. The van der Waals surface area contributed by atoms with E-state index in [2.05, 4.69) is 0 Å². The molecule has 0 aromatic carbocycles. The van der Waals surface area contributed by atoms with Crippen molar-refractivity contribution in [2.75, 3.05) is 0 Å². The Bertz CT molecular complexity index is 31.8. The summed E-state index contributed by atoms with van der Waals surface area (Å²) < 4.78 is 0. The quantitative estimate of drug-likeness (QED) is 0.265. The Kier molecular flexibility index (Phi) is 24.4. The van der Waals surface area contributed by atoms with Crippen molar-refractivity contribution in [1.29, 1.82) is 0 Å². The fraction of sp³-hybridized carbons (Fsp3) is 0. The fourth-order valence-corrected chi connectivity index (χ4v) is 0. The van der Waals surface area contributed by atoms with E-state index in [4.69, 9.17) is 15.0 Å². The maximum Gasteiger partial charge on any atom is 1.00 e. The van der Waals surface area contributed by atoms with Crippen molar-refractivity contribution in [3.8, 4) is 0 Å². The third kappa shape index (κ3) is 626. The molecule has 0 heterocycles. The Balaban J connectivity index is -0.0000000450. The van der Waals surface area contributed by atoms with Gasteiger partial charge in [0.2, 0.25) is 0 Å². The number of carboxylic acid groups (broad SMARTS) is 2. The second-order valence-electron chi connectivity index (χ2n) is 0.283. The van der Waals surface area contributed by atoms with Crippen LogP contribution in [0.3, 0.4) is 0 Å². The molecule has 0 bridgehead atoms. The first kappa shape index (κ1) is 16.3. The van der Waals surface area contributed by atoms with Gasteiger partial charge < -0.3 is 17.6 Å². The van der Waals surface area contributed by atoms with Gasteiger partial charge in [0.25, 0.3) is 0 Å². The Morgan fingerprint density at radius 3 is 1.33 bits per heavy atom. The third-order valence-corrected chi connectivity index (χ3v) is 0. The largest absolute Gasteiger partial charge is 1.00 e. The Labute approximate surface area is 58.3 Å². The van der Waals surface area contributed by atoms with E-state index < -0.39 is 6.16 Å². The molecule has 0 unspecified atom stereocenters. The van der Waals surface area contributed by atoms with E-state index in [0.717, 1.165) is 0 Å². The molecule has 0 aromatic rings. The number of rotatable bonds is 0. The van der Waals surface area contributed by atoms with Crippen molar-refractivity contribution < 1.29 is 44.6 Å². The fourth-order valence-electron chi connectivity index (χ4n) is 0. The number of carbonyl (C=O) groups is 1. The van der Waals surface area contributed by atoms with Gasteiger partial charge in [0.1, 0.15) is 0 Å². The zero-order chi connectivity index (χ0) is 3.58. The van der Waals surface area contributed by atoms with E-state index in [0.29, 0.717) is 0 Å². The Morgan fingerprint density at radius 2 is 1.33 bits per heavy atom. The molecular weight excluding hydrogens is 95.0 g/mol. The normalized spacial score (nSPS) is 4.00. The molecule has 0 aliphatic carbocycles. The van der Waals surface area contributed by atoms with Crippen LogP contribution in [0, 0.1) is 7.43 Å². The SMILES string of the molecule is O=C(O)O.[CH3-].[Na+]. The maximum atomic E-state index is 8.56. The average molecular weight is 100 g/mol. The first-order chi connectivity index (χ1) is 1.73. The van der Waals surface area contributed by atoms with Crippen LogP contribution in [-0.4, -0.2) is 16.4 Å². The molecule has 32 valence electrons. The van der Waals surface area contributed by atoms with Gasteiger partial charge in [-0.1, -0.05) is 0 Å². The molecule has 0 atom stereocenters. The maximum absolute atomic E-state index is 8.56. The van der Waals surface area contributed by atoms with Crippen LogP contribution in [0.1, 0.15) is 0 Å². The predicted octanol–water partition coefficient (Wildman–Crippen LogP) is -2.32. The van der Waals surface area contributed by atoms with Crippen LogP contribution >= 0.6 is 0 Å². The summed E-state index contributed by atoms with van der Waals surface area (Å²) >= 11 is 0. The molecule has 0 saturated heterocycles. The second-order valence-corrected chi connectivity index (χ2v) is 0.283. The molecule has 0 aliphatic rings. The number of hydrogen-bond acceptors (Lipinski definition) is 1. The minimum atomic E-state index is -1.83. The first-order valence-corrected chi connectivity index (χ1v) is 0.651. The minimum Gasteiger partial charge on any atom is -0.450 e. The van der Waals surface area contributed by atoms with Crippen molar-refractivity contribution in [2.24, 2.45) is 0 Å². The summed E-state index contributed by atoms with van der Waals surface area (Å²) in [6.07, 6.45) is -1.83. The van der Waals surface area contributed by atoms with Crippen molar-refractivity contribution in [3.63, 3.8) is 0 Å². The second kappa shape index (κ2) is 8.99. The Hall–Kier alpha value is 0.270. The summed E-state index contributed by atoms with van der Waals surface area (Å²) in [6, 6.07) is 0. The van der Waals surface area contributed by atoms with E-state index in [9.17, 15) is 0 Å². The van der Waals surface area contributed by atoms with Gasteiger partial charge in [-0.3, -0.25) is 0 Å². The molecule has 4 heteroatoms. The molecule has 0 amide bonds. The van der Waals surface area contributed by atoms with Crippen LogP contribution in [0.15, 0.2) is 0 Å². The number of hydrogen-bond donors (Lipinski definition) is 2. The van der Waals surface area contributed by atoms with Crippen LogP contribution in [0.2, 0.25) is 0 Å². The van der Waals surface area contributed by atoms with Gasteiger partial charge in [0.05, 0.1) is 0 Å². The molecule has 0 aliphatic heterocycles. The zero-order valence-electron chi connectivity index (χ0n) is 3.80. The molecule has 0 rings (SSSR count). The topological polar surface area (TPSA) is 57.5 Å². The molecule has 2 N–H and O–H groups in total. The van der Waals surface area contributed by atoms with Gasteiger partial charge in [-0.2, -0.15) is 0 Å². The van der Waals surface area contributed by atoms with E-state index in [1.165, 1.54) is 0 Å². The predicted molar refractivity (Wildman–Crippen MR) is 17.1 cm³/mol. The van der Waals surface area contributed by atoms with Gasteiger partial charge >= 0.3 is 35.7 Å². The first-order valence-electron chi connectivity index (χ1n) is 0.651. The third-order valence-electron chi connectivity index (χ3n) is 0. The molecule has 0 radical (unpaired) electrons. The van der Waals surface area contributed by atoms with Crippen LogP contribution in [0.5, 0.6) is 0 Å². The summed E-state index contributed by atoms with van der Waals surface area (Å²) in [6.45, 7) is 0. The van der Waals surface area contributed by atoms with Gasteiger partial charge in [0, 0.05) is 0 Å². The van der Waals surface area contributed by atoms with E-state index in [1.54, 1.807) is 0 Å². The standard InChI is InChI=1S/CH2O3.CH3.Na/c2-1(3)4;;/h(H2,2,3,4);1H3;/q;-1;+1. The summed E-state index contributed by atoms with van der Waals surface area (Å²) in [5, 5.41) is 13.9.